The van der Waals surface area contributed by atoms with Gasteiger partial charge in [-0.1, -0.05) is 48.0 Å². The number of aryl methyl sites for hydroxylation is 1. The van der Waals surface area contributed by atoms with Gasteiger partial charge in [-0.25, -0.2) is 4.98 Å². The van der Waals surface area contributed by atoms with Crippen molar-refractivity contribution in [3.8, 4) is 17.1 Å². The average molecular weight is 277 g/mol. The molecular formula is C17H15N3O. The van der Waals surface area contributed by atoms with Crippen LogP contribution in [0, 0.1) is 6.92 Å². The predicted molar refractivity (Wildman–Crippen MR) is 83.6 cm³/mol. The van der Waals surface area contributed by atoms with Gasteiger partial charge in [-0.2, -0.15) is 5.10 Å². The van der Waals surface area contributed by atoms with Crippen molar-refractivity contribution in [2.45, 2.75) is 6.92 Å². The Bertz CT molecular complexity index is 773. The number of hydrogen-bond donors (Lipinski definition) is 2. The van der Waals surface area contributed by atoms with Crippen molar-refractivity contribution in [2.75, 3.05) is 0 Å². The molecule has 4 heteroatoms. The van der Waals surface area contributed by atoms with Gasteiger partial charge in [0.25, 0.3) is 0 Å². The number of rotatable bonds is 3. The first kappa shape index (κ1) is 13.1. The molecule has 0 amide bonds. The first-order valence-corrected chi connectivity index (χ1v) is 6.68. The highest BCUT2D eigenvalue weighted by Gasteiger charge is 2.08. The number of H-pyrrole nitrogens is 1. The highest BCUT2D eigenvalue weighted by atomic mass is 16.3. The Balaban J connectivity index is 1.82. The zero-order valence-electron chi connectivity index (χ0n) is 11.6. The monoisotopic (exact) mass is 277 g/mol. The Morgan fingerprint density at radius 1 is 1.00 bits per heavy atom. The van der Waals surface area contributed by atoms with E-state index in [4.69, 9.17) is 0 Å². The van der Waals surface area contributed by atoms with E-state index in [1.54, 1.807) is 18.2 Å². The van der Waals surface area contributed by atoms with Crippen molar-refractivity contribution in [3.63, 3.8) is 0 Å². The zero-order valence-corrected chi connectivity index (χ0v) is 11.6. The Morgan fingerprint density at radius 2 is 1.76 bits per heavy atom. The first-order valence-electron chi connectivity index (χ1n) is 6.68. The number of aromatic nitrogens is 3. The molecule has 0 saturated carbocycles. The summed E-state index contributed by atoms with van der Waals surface area (Å²) < 4.78 is 0. The largest absolute Gasteiger partial charge is 0.507 e. The van der Waals surface area contributed by atoms with Gasteiger partial charge in [0.1, 0.15) is 11.6 Å². The van der Waals surface area contributed by atoms with Crippen LogP contribution in [0.2, 0.25) is 0 Å². The number of benzene rings is 2. The van der Waals surface area contributed by atoms with Crippen molar-refractivity contribution in [3.05, 3.63) is 65.5 Å². The quantitative estimate of drug-likeness (QED) is 0.768. The maximum Gasteiger partial charge on any atom is 0.185 e. The van der Waals surface area contributed by atoms with Gasteiger partial charge in [-0.15, -0.1) is 0 Å². The SMILES string of the molecule is Cc1ccc(/C=C/c2nc(-c3ccccc3O)n[nH]2)cc1. The summed E-state index contributed by atoms with van der Waals surface area (Å²) in [4.78, 5) is 4.36. The molecule has 104 valence electrons. The van der Waals surface area contributed by atoms with Crippen molar-refractivity contribution in [1.82, 2.24) is 15.2 Å². The fraction of sp³-hybridized carbons (Fsp3) is 0.0588. The van der Waals surface area contributed by atoms with Gasteiger partial charge in [0, 0.05) is 0 Å². The molecule has 0 spiro atoms. The number of phenols is 1. The van der Waals surface area contributed by atoms with Gasteiger partial charge in [0.15, 0.2) is 5.82 Å². The van der Waals surface area contributed by atoms with Crippen LogP contribution in [0.5, 0.6) is 5.75 Å². The number of nitrogens with one attached hydrogen (secondary N) is 1. The minimum absolute atomic E-state index is 0.172. The number of aromatic amines is 1. The van der Waals surface area contributed by atoms with E-state index in [-0.39, 0.29) is 5.75 Å². The van der Waals surface area contributed by atoms with Crippen LogP contribution in [0.3, 0.4) is 0 Å². The van der Waals surface area contributed by atoms with E-state index in [1.807, 2.05) is 30.4 Å². The Morgan fingerprint density at radius 3 is 2.52 bits per heavy atom. The molecule has 0 saturated heterocycles. The van der Waals surface area contributed by atoms with Crippen molar-refractivity contribution >= 4 is 12.2 Å². The summed E-state index contributed by atoms with van der Waals surface area (Å²) in [6.45, 7) is 2.06. The molecule has 3 aromatic rings. The summed E-state index contributed by atoms with van der Waals surface area (Å²) in [5.74, 6) is 1.30. The van der Waals surface area contributed by atoms with Gasteiger partial charge in [-0.05, 0) is 30.7 Å². The van der Waals surface area contributed by atoms with Crippen LogP contribution in [-0.4, -0.2) is 20.3 Å². The Labute approximate surface area is 122 Å². The molecule has 0 unspecified atom stereocenters. The molecule has 1 heterocycles. The maximum absolute atomic E-state index is 9.80. The lowest BCUT2D eigenvalue weighted by atomic mass is 10.1. The van der Waals surface area contributed by atoms with Crippen molar-refractivity contribution < 1.29 is 5.11 Å². The van der Waals surface area contributed by atoms with Gasteiger partial charge < -0.3 is 5.11 Å². The van der Waals surface area contributed by atoms with Crippen LogP contribution < -0.4 is 0 Å². The lowest BCUT2D eigenvalue weighted by molar-refractivity contribution is 0.477. The molecule has 0 radical (unpaired) electrons. The minimum atomic E-state index is 0.172. The summed E-state index contributed by atoms with van der Waals surface area (Å²) in [7, 11) is 0. The molecule has 0 bridgehead atoms. The van der Waals surface area contributed by atoms with E-state index in [0.29, 0.717) is 17.2 Å². The van der Waals surface area contributed by atoms with Crippen LogP contribution in [0.15, 0.2) is 48.5 Å². The van der Waals surface area contributed by atoms with Gasteiger partial charge in [0.2, 0.25) is 0 Å². The van der Waals surface area contributed by atoms with Crippen LogP contribution in [0.4, 0.5) is 0 Å². The summed E-state index contributed by atoms with van der Waals surface area (Å²) in [6.07, 6.45) is 3.83. The predicted octanol–water partition coefficient (Wildman–Crippen LogP) is 3.66. The lowest BCUT2D eigenvalue weighted by Crippen LogP contribution is -1.81. The number of phenolic OH excluding ortho intramolecular Hbond substituents is 1. The topological polar surface area (TPSA) is 61.8 Å². The smallest absolute Gasteiger partial charge is 0.185 e. The second-order valence-corrected chi connectivity index (χ2v) is 4.81. The molecule has 1 aromatic heterocycles. The molecule has 0 aliphatic rings. The van der Waals surface area contributed by atoms with E-state index in [1.165, 1.54) is 5.56 Å². The van der Waals surface area contributed by atoms with Gasteiger partial charge >= 0.3 is 0 Å². The van der Waals surface area contributed by atoms with Crippen molar-refractivity contribution in [1.29, 1.82) is 0 Å². The molecule has 3 rings (SSSR count). The van der Waals surface area contributed by atoms with E-state index < -0.39 is 0 Å². The van der Waals surface area contributed by atoms with Crippen LogP contribution >= 0.6 is 0 Å². The third-order valence-electron chi connectivity index (χ3n) is 3.16. The fourth-order valence-corrected chi connectivity index (χ4v) is 1.98. The highest BCUT2D eigenvalue weighted by Crippen LogP contribution is 2.25. The highest BCUT2D eigenvalue weighted by molar-refractivity contribution is 5.69. The summed E-state index contributed by atoms with van der Waals surface area (Å²) in [5.41, 5.74) is 2.94. The fourth-order valence-electron chi connectivity index (χ4n) is 1.98. The summed E-state index contributed by atoms with van der Waals surface area (Å²) >= 11 is 0. The summed E-state index contributed by atoms with van der Waals surface area (Å²) in [6, 6.07) is 15.2. The normalized spacial score (nSPS) is 11.1. The molecule has 0 aliphatic carbocycles. The molecule has 0 aliphatic heterocycles. The maximum atomic E-state index is 9.80. The molecule has 4 nitrogen and oxygen atoms in total. The number of aromatic hydroxyl groups is 1. The Kier molecular flexibility index (Phi) is 3.51. The third-order valence-corrected chi connectivity index (χ3v) is 3.16. The van der Waals surface area contributed by atoms with E-state index in [9.17, 15) is 5.11 Å². The molecule has 2 aromatic carbocycles. The van der Waals surface area contributed by atoms with Crippen LogP contribution in [0.1, 0.15) is 17.0 Å². The first-order chi connectivity index (χ1) is 10.2. The molecular weight excluding hydrogens is 262 g/mol. The minimum Gasteiger partial charge on any atom is -0.507 e. The van der Waals surface area contributed by atoms with Gasteiger partial charge in [-0.3, -0.25) is 5.10 Å². The Hall–Kier alpha value is -2.88. The van der Waals surface area contributed by atoms with Crippen LogP contribution in [-0.2, 0) is 0 Å². The number of para-hydroxylation sites is 1. The van der Waals surface area contributed by atoms with Crippen LogP contribution in [0.25, 0.3) is 23.5 Å². The molecule has 0 atom stereocenters. The number of nitrogens with zero attached hydrogens (tertiary/aromatic N) is 2. The average Bonchev–Trinajstić information content (AvgIpc) is 2.96. The standard InChI is InChI=1S/C17H15N3O/c1-12-6-8-13(9-7-12)10-11-16-18-17(20-19-16)14-4-2-3-5-15(14)21/h2-11,21H,1H3,(H,18,19,20)/b11-10+. The van der Waals surface area contributed by atoms with E-state index in [2.05, 4.69) is 34.2 Å². The molecule has 21 heavy (non-hydrogen) atoms. The number of hydrogen-bond acceptors (Lipinski definition) is 3. The van der Waals surface area contributed by atoms with Gasteiger partial charge in [0.05, 0.1) is 5.56 Å². The van der Waals surface area contributed by atoms with Crippen molar-refractivity contribution in [2.24, 2.45) is 0 Å². The molecule has 0 fully saturated rings. The second-order valence-electron chi connectivity index (χ2n) is 4.81. The summed E-state index contributed by atoms with van der Waals surface area (Å²) in [5, 5.41) is 16.8. The van der Waals surface area contributed by atoms with E-state index in [0.717, 1.165) is 5.56 Å². The lowest BCUT2D eigenvalue weighted by Gasteiger charge is -1.97. The molecule has 2 N–H and O–H groups in total. The van der Waals surface area contributed by atoms with E-state index >= 15 is 0 Å². The third kappa shape index (κ3) is 3.00. The second kappa shape index (κ2) is 5.63. The zero-order chi connectivity index (χ0) is 14.7.